The van der Waals surface area contributed by atoms with Crippen LogP contribution in [0.2, 0.25) is 0 Å². The van der Waals surface area contributed by atoms with Crippen molar-refractivity contribution in [3.63, 3.8) is 0 Å². The number of carboxylic acid groups (broad SMARTS) is 1. The SMILES string of the molecule is Cc1cc(/C=C(\C#N)C(=O)Nc2cccc(Br)c2)c(C)n1-c1ccc(C(=O)O)cc1. The number of aromatic nitrogens is 1. The van der Waals surface area contributed by atoms with Crippen LogP contribution in [0.5, 0.6) is 0 Å². The summed E-state index contributed by atoms with van der Waals surface area (Å²) in [6.07, 6.45) is 1.55. The van der Waals surface area contributed by atoms with Gasteiger partial charge in [0.25, 0.3) is 5.91 Å². The summed E-state index contributed by atoms with van der Waals surface area (Å²) in [6.45, 7) is 3.79. The number of nitriles is 1. The number of carboxylic acids is 1. The summed E-state index contributed by atoms with van der Waals surface area (Å²) in [4.78, 5) is 23.6. The monoisotopic (exact) mass is 463 g/mol. The number of rotatable bonds is 5. The molecule has 1 aromatic heterocycles. The average molecular weight is 464 g/mol. The minimum Gasteiger partial charge on any atom is -0.478 e. The van der Waals surface area contributed by atoms with E-state index in [0.717, 1.165) is 27.1 Å². The van der Waals surface area contributed by atoms with Crippen LogP contribution in [0.4, 0.5) is 5.69 Å². The van der Waals surface area contributed by atoms with E-state index in [2.05, 4.69) is 21.2 Å². The molecule has 0 atom stereocenters. The molecule has 0 fully saturated rings. The lowest BCUT2D eigenvalue weighted by Gasteiger charge is -2.10. The van der Waals surface area contributed by atoms with Crippen molar-refractivity contribution < 1.29 is 14.7 Å². The minimum atomic E-state index is -0.985. The van der Waals surface area contributed by atoms with Gasteiger partial charge in [-0.3, -0.25) is 4.79 Å². The van der Waals surface area contributed by atoms with Gasteiger partial charge in [0, 0.05) is 27.2 Å². The van der Waals surface area contributed by atoms with Gasteiger partial charge in [0.05, 0.1) is 5.56 Å². The van der Waals surface area contributed by atoms with Crippen molar-refractivity contribution in [3.05, 3.63) is 87.2 Å². The van der Waals surface area contributed by atoms with Gasteiger partial charge in [0.1, 0.15) is 11.6 Å². The number of halogens is 1. The van der Waals surface area contributed by atoms with E-state index < -0.39 is 11.9 Å². The van der Waals surface area contributed by atoms with Crippen LogP contribution >= 0.6 is 15.9 Å². The van der Waals surface area contributed by atoms with E-state index >= 15 is 0 Å². The van der Waals surface area contributed by atoms with Gasteiger partial charge in [-0.25, -0.2) is 4.79 Å². The van der Waals surface area contributed by atoms with Gasteiger partial charge >= 0.3 is 5.97 Å². The van der Waals surface area contributed by atoms with Crippen LogP contribution in [0.1, 0.15) is 27.3 Å². The molecule has 0 aliphatic heterocycles. The van der Waals surface area contributed by atoms with Crippen LogP contribution in [-0.4, -0.2) is 21.6 Å². The molecule has 30 heavy (non-hydrogen) atoms. The second-order valence-electron chi connectivity index (χ2n) is 6.65. The highest BCUT2D eigenvalue weighted by Crippen LogP contribution is 2.24. The van der Waals surface area contributed by atoms with Crippen molar-refractivity contribution in [3.8, 4) is 11.8 Å². The molecule has 6 nitrogen and oxygen atoms in total. The highest BCUT2D eigenvalue weighted by molar-refractivity contribution is 9.10. The van der Waals surface area contributed by atoms with E-state index in [1.165, 1.54) is 12.1 Å². The quantitative estimate of drug-likeness (QED) is 0.406. The first-order valence-electron chi connectivity index (χ1n) is 9.01. The third-order valence-electron chi connectivity index (χ3n) is 4.59. The Kier molecular flexibility index (Phi) is 6.19. The molecule has 0 saturated carbocycles. The Morgan fingerprint density at radius 1 is 1.13 bits per heavy atom. The van der Waals surface area contributed by atoms with Gasteiger partial charge < -0.3 is 15.0 Å². The molecular weight excluding hydrogens is 446 g/mol. The first-order valence-corrected chi connectivity index (χ1v) is 9.81. The number of nitrogens with one attached hydrogen (secondary N) is 1. The van der Waals surface area contributed by atoms with Gasteiger partial charge in [0.2, 0.25) is 0 Å². The summed E-state index contributed by atoms with van der Waals surface area (Å²) >= 11 is 3.35. The zero-order valence-electron chi connectivity index (χ0n) is 16.3. The number of aromatic carboxylic acids is 1. The highest BCUT2D eigenvalue weighted by atomic mass is 79.9. The molecule has 0 saturated heterocycles. The Bertz CT molecular complexity index is 1200. The molecule has 150 valence electrons. The number of nitrogens with zero attached hydrogens (tertiary/aromatic N) is 2. The van der Waals surface area contributed by atoms with Crippen LogP contribution in [0.15, 0.2) is 64.6 Å². The molecule has 0 aliphatic rings. The number of hydrogen-bond acceptors (Lipinski definition) is 3. The fraction of sp³-hybridized carbons (Fsp3) is 0.0870. The van der Waals surface area contributed by atoms with Crippen molar-refractivity contribution in [2.24, 2.45) is 0 Å². The summed E-state index contributed by atoms with van der Waals surface area (Å²) in [6, 6.07) is 17.5. The summed E-state index contributed by atoms with van der Waals surface area (Å²) in [5, 5.41) is 21.3. The van der Waals surface area contributed by atoms with Gasteiger partial charge in [-0.1, -0.05) is 22.0 Å². The molecule has 0 aliphatic carbocycles. The molecule has 3 rings (SSSR count). The first-order chi connectivity index (χ1) is 14.3. The molecule has 0 radical (unpaired) electrons. The standard InChI is InChI=1S/C23H18BrN3O3/c1-14-10-17(15(2)27(14)21-8-6-16(7-9-21)23(29)30)11-18(13-25)22(28)26-20-5-3-4-19(24)12-20/h3-12H,1-2H3,(H,26,28)(H,29,30)/b18-11+. The van der Waals surface area contributed by atoms with Crippen molar-refractivity contribution in [1.82, 2.24) is 4.57 Å². The predicted octanol–water partition coefficient (Wildman–Crippen LogP) is 5.10. The third kappa shape index (κ3) is 4.50. The molecule has 3 aromatic rings. The molecule has 1 amide bonds. The topological polar surface area (TPSA) is 95.1 Å². The van der Waals surface area contributed by atoms with Crippen LogP contribution in [0.3, 0.4) is 0 Å². The summed E-state index contributed by atoms with van der Waals surface area (Å²) in [5.74, 6) is -1.48. The maximum Gasteiger partial charge on any atom is 0.335 e. The molecule has 7 heteroatoms. The van der Waals surface area contributed by atoms with E-state index in [0.29, 0.717) is 5.69 Å². The van der Waals surface area contributed by atoms with E-state index in [4.69, 9.17) is 5.11 Å². The summed E-state index contributed by atoms with van der Waals surface area (Å²) < 4.78 is 2.76. The smallest absolute Gasteiger partial charge is 0.335 e. The number of carbonyl (C=O) groups is 2. The maximum atomic E-state index is 12.6. The fourth-order valence-electron chi connectivity index (χ4n) is 3.15. The van der Waals surface area contributed by atoms with Crippen LogP contribution < -0.4 is 5.32 Å². The van der Waals surface area contributed by atoms with Crippen LogP contribution in [0.25, 0.3) is 11.8 Å². The van der Waals surface area contributed by atoms with Crippen LogP contribution in [-0.2, 0) is 4.79 Å². The zero-order valence-corrected chi connectivity index (χ0v) is 17.9. The fourth-order valence-corrected chi connectivity index (χ4v) is 3.55. The number of carbonyl (C=O) groups excluding carboxylic acids is 1. The zero-order chi connectivity index (χ0) is 21.8. The number of hydrogen-bond donors (Lipinski definition) is 2. The molecular formula is C23H18BrN3O3. The van der Waals surface area contributed by atoms with E-state index in [-0.39, 0.29) is 11.1 Å². The molecule has 1 heterocycles. The molecule has 0 unspecified atom stereocenters. The first kappa shape index (κ1) is 21.1. The van der Waals surface area contributed by atoms with Gasteiger partial charge in [0.15, 0.2) is 0 Å². The second-order valence-corrected chi connectivity index (χ2v) is 7.56. The Balaban J connectivity index is 1.92. The van der Waals surface area contributed by atoms with Crippen molar-refractivity contribution in [1.29, 1.82) is 5.26 Å². The summed E-state index contributed by atoms with van der Waals surface area (Å²) in [7, 11) is 0. The Morgan fingerprint density at radius 3 is 2.43 bits per heavy atom. The minimum absolute atomic E-state index is 0.0172. The molecule has 2 aromatic carbocycles. The second kappa shape index (κ2) is 8.80. The van der Waals surface area contributed by atoms with E-state index in [1.807, 2.05) is 36.6 Å². The largest absolute Gasteiger partial charge is 0.478 e. The summed E-state index contributed by atoms with van der Waals surface area (Å²) in [5.41, 5.74) is 4.03. The molecule has 0 spiro atoms. The van der Waals surface area contributed by atoms with E-state index in [1.54, 1.807) is 36.4 Å². The highest BCUT2D eigenvalue weighted by Gasteiger charge is 2.14. The van der Waals surface area contributed by atoms with Crippen molar-refractivity contribution in [2.75, 3.05) is 5.32 Å². The average Bonchev–Trinajstić information content (AvgIpc) is 2.99. The number of amides is 1. The lowest BCUT2D eigenvalue weighted by molar-refractivity contribution is -0.112. The number of benzene rings is 2. The lowest BCUT2D eigenvalue weighted by Crippen LogP contribution is -2.13. The number of aryl methyl sites for hydroxylation is 1. The van der Waals surface area contributed by atoms with Crippen LogP contribution in [0, 0.1) is 25.2 Å². The Morgan fingerprint density at radius 2 is 1.83 bits per heavy atom. The van der Waals surface area contributed by atoms with Gasteiger partial charge in [-0.05, 0) is 74.0 Å². The molecule has 0 bridgehead atoms. The molecule has 2 N–H and O–H groups in total. The Labute approximate surface area is 182 Å². The van der Waals surface area contributed by atoms with Crippen molar-refractivity contribution in [2.45, 2.75) is 13.8 Å². The maximum absolute atomic E-state index is 12.6. The van der Waals surface area contributed by atoms with Gasteiger partial charge in [-0.2, -0.15) is 5.26 Å². The third-order valence-corrected chi connectivity index (χ3v) is 5.08. The van der Waals surface area contributed by atoms with E-state index in [9.17, 15) is 14.9 Å². The normalized spacial score (nSPS) is 11.1. The lowest BCUT2D eigenvalue weighted by atomic mass is 10.1. The predicted molar refractivity (Wildman–Crippen MR) is 119 cm³/mol. The Hall–Kier alpha value is -3.63. The van der Waals surface area contributed by atoms with Gasteiger partial charge in [-0.15, -0.1) is 0 Å². The van der Waals surface area contributed by atoms with Crippen molar-refractivity contribution >= 4 is 39.6 Å². The number of anilines is 1.